The molecular weight excluding hydrogens is 270 g/mol. The molecule has 16 heavy (non-hydrogen) atoms. The third-order valence-electron chi connectivity index (χ3n) is 2.32. The topological polar surface area (TPSA) is 40.5 Å². The average Bonchev–Trinajstić information content (AvgIpc) is 2.20. The number of carbonyl (C=O) groups excluding carboxylic acids is 1. The number of carbonyl (C=O) groups is 1. The molecule has 0 spiro atoms. The van der Waals surface area contributed by atoms with E-state index >= 15 is 0 Å². The van der Waals surface area contributed by atoms with E-state index in [1.807, 2.05) is 6.92 Å². The molecule has 0 aliphatic rings. The molecule has 0 aliphatic heterocycles. The number of nitrogens with zero attached hydrogens (tertiary/aromatic N) is 1. The van der Waals surface area contributed by atoms with Gasteiger partial charge in [-0.1, -0.05) is 22.9 Å². The molecule has 0 radical (unpaired) electrons. The molecule has 1 amide bonds. The van der Waals surface area contributed by atoms with E-state index in [1.54, 1.807) is 37.1 Å². The molecule has 1 N–H and O–H groups in total. The van der Waals surface area contributed by atoms with Crippen LogP contribution < -0.4 is 0 Å². The zero-order chi connectivity index (χ0) is 12.3. The normalized spacial score (nSPS) is 12.2. The minimum atomic E-state index is -0.0330. The number of aromatic hydroxyl groups is 1. The molecule has 4 heteroatoms. The first-order chi connectivity index (χ1) is 7.41. The van der Waals surface area contributed by atoms with Crippen molar-refractivity contribution in [2.24, 2.45) is 0 Å². The number of phenols is 1. The Hall–Kier alpha value is -1.03. The Morgan fingerprint density at radius 2 is 2.19 bits per heavy atom. The molecule has 1 atom stereocenters. The van der Waals surface area contributed by atoms with Crippen molar-refractivity contribution in [1.29, 1.82) is 0 Å². The van der Waals surface area contributed by atoms with E-state index in [1.165, 1.54) is 0 Å². The van der Waals surface area contributed by atoms with Gasteiger partial charge in [0.1, 0.15) is 5.75 Å². The zero-order valence-corrected chi connectivity index (χ0v) is 11.3. The summed E-state index contributed by atoms with van der Waals surface area (Å²) in [6.07, 6.45) is 0. The molecule has 3 nitrogen and oxygen atoms in total. The van der Waals surface area contributed by atoms with Crippen LogP contribution in [-0.2, 0) is 0 Å². The van der Waals surface area contributed by atoms with Gasteiger partial charge in [-0.2, -0.15) is 0 Å². The Morgan fingerprint density at radius 3 is 2.69 bits per heavy atom. The van der Waals surface area contributed by atoms with Crippen LogP contribution >= 0.6 is 15.9 Å². The van der Waals surface area contributed by atoms with Gasteiger partial charge in [0.15, 0.2) is 0 Å². The number of hydrogen-bond acceptors (Lipinski definition) is 2. The summed E-state index contributed by atoms with van der Waals surface area (Å²) in [5.74, 6) is 0.183. The SMILES string of the molecule is Cc1cc(C(=O)N(C)CC(C)Br)ccc1O. The predicted molar refractivity (Wildman–Crippen MR) is 68.2 cm³/mol. The molecule has 1 unspecified atom stereocenters. The standard InChI is InChI=1S/C12H16BrNO2/c1-8-6-10(4-5-11(8)15)12(16)14(3)7-9(2)13/h4-6,9,15H,7H2,1-3H3. The van der Waals surface area contributed by atoms with Gasteiger partial charge in [-0.25, -0.2) is 0 Å². The summed E-state index contributed by atoms with van der Waals surface area (Å²) in [7, 11) is 1.77. The van der Waals surface area contributed by atoms with Gasteiger partial charge in [0.05, 0.1) is 0 Å². The summed E-state index contributed by atoms with van der Waals surface area (Å²) in [5, 5.41) is 9.38. The number of aryl methyl sites for hydroxylation is 1. The summed E-state index contributed by atoms with van der Waals surface area (Å²) < 4.78 is 0. The first-order valence-corrected chi connectivity index (χ1v) is 6.02. The van der Waals surface area contributed by atoms with Crippen LogP contribution in [0.3, 0.4) is 0 Å². The number of phenolic OH excluding ortho intramolecular Hbond substituents is 1. The predicted octanol–water partition coefficient (Wildman–Crippen LogP) is 2.56. The zero-order valence-electron chi connectivity index (χ0n) is 9.70. The summed E-state index contributed by atoms with van der Waals surface area (Å²) in [4.78, 5) is 13.9. The van der Waals surface area contributed by atoms with Crippen molar-refractivity contribution in [2.45, 2.75) is 18.7 Å². The second-order valence-corrected chi connectivity index (χ2v) is 5.53. The quantitative estimate of drug-likeness (QED) is 0.867. The largest absolute Gasteiger partial charge is 0.508 e. The molecule has 0 bridgehead atoms. The van der Waals surface area contributed by atoms with E-state index < -0.39 is 0 Å². The van der Waals surface area contributed by atoms with E-state index in [0.717, 1.165) is 0 Å². The van der Waals surface area contributed by atoms with Gasteiger partial charge in [0.25, 0.3) is 5.91 Å². The summed E-state index contributed by atoms with van der Waals surface area (Å²) in [6, 6.07) is 4.89. The van der Waals surface area contributed by atoms with Crippen molar-refractivity contribution >= 4 is 21.8 Å². The third-order valence-corrected chi connectivity index (χ3v) is 2.61. The van der Waals surface area contributed by atoms with Crippen LogP contribution in [0.25, 0.3) is 0 Å². The molecular formula is C12H16BrNO2. The molecule has 0 saturated heterocycles. The van der Waals surface area contributed by atoms with E-state index in [-0.39, 0.29) is 16.5 Å². The Morgan fingerprint density at radius 1 is 1.56 bits per heavy atom. The smallest absolute Gasteiger partial charge is 0.253 e. The maximum atomic E-state index is 12.0. The Labute approximate surface area is 104 Å². The van der Waals surface area contributed by atoms with Crippen molar-refractivity contribution in [3.8, 4) is 5.75 Å². The van der Waals surface area contributed by atoms with Crippen LogP contribution in [0, 0.1) is 6.92 Å². The molecule has 1 aromatic carbocycles. The molecule has 0 aliphatic carbocycles. The van der Waals surface area contributed by atoms with Gasteiger partial charge in [0.2, 0.25) is 0 Å². The Balaban J connectivity index is 2.84. The lowest BCUT2D eigenvalue weighted by Gasteiger charge is -2.18. The fourth-order valence-electron chi connectivity index (χ4n) is 1.47. The maximum Gasteiger partial charge on any atom is 0.253 e. The molecule has 88 valence electrons. The molecule has 0 aromatic heterocycles. The third kappa shape index (κ3) is 3.23. The first-order valence-electron chi connectivity index (χ1n) is 5.11. The monoisotopic (exact) mass is 285 g/mol. The molecule has 0 fully saturated rings. The molecule has 0 heterocycles. The Bertz CT molecular complexity index is 391. The van der Waals surface area contributed by atoms with E-state index in [0.29, 0.717) is 17.7 Å². The highest BCUT2D eigenvalue weighted by atomic mass is 79.9. The highest BCUT2D eigenvalue weighted by Crippen LogP contribution is 2.18. The van der Waals surface area contributed by atoms with Crippen molar-refractivity contribution in [3.63, 3.8) is 0 Å². The number of rotatable bonds is 3. The summed E-state index contributed by atoms with van der Waals surface area (Å²) in [5.41, 5.74) is 1.32. The van der Waals surface area contributed by atoms with Crippen LogP contribution in [0.4, 0.5) is 0 Å². The number of amides is 1. The van der Waals surface area contributed by atoms with Gasteiger partial charge in [-0.05, 0) is 30.7 Å². The van der Waals surface area contributed by atoms with Crippen molar-refractivity contribution in [2.75, 3.05) is 13.6 Å². The lowest BCUT2D eigenvalue weighted by atomic mass is 10.1. The highest BCUT2D eigenvalue weighted by Gasteiger charge is 2.13. The fraction of sp³-hybridized carbons (Fsp3) is 0.417. The van der Waals surface area contributed by atoms with E-state index in [4.69, 9.17) is 0 Å². The average molecular weight is 286 g/mol. The second-order valence-electron chi connectivity index (χ2n) is 3.97. The van der Waals surface area contributed by atoms with Gasteiger partial charge in [-0.3, -0.25) is 4.79 Å². The number of benzene rings is 1. The van der Waals surface area contributed by atoms with E-state index in [9.17, 15) is 9.90 Å². The van der Waals surface area contributed by atoms with Gasteiger partial charge in [-0.15, -0.1) is 0 Å². The van der Waals surface area contributed by atoms with Gasteiger partial charge >= 0.3 is 0 Å². The van der Waals surface area contributed by atoms with Gasteiger partial charge < -0.3 is 10.0 Å². The fourth-order valence-corrected chi connectivity index (χ4v) is 1.90. The molecule has 1 rings (SSSR count). The Kier molecular flexibility index (Phi) is 4.35. The molecule has 1 aromatic rings. The summed E-state index contributed by atoms with van der Waals surface area (Å²) in [6.45, 7) is 4.42. The van der Waals surface area contributed by atoms with Gasteiger partial charge in [0, 0.05) is 24.0 Å². The van der Waals surface area contributed by atoms with Crippen LogP contribution in [0.2, 0.25) is 0 Å². The van der Waals surface area contributed by atoms with Crippen LogP contribution in [-0.4, -0.2) is 34.3 Å². The first kappa shape index (κ1) is 13.0. The number of alkyl halides is 1. The minimum Gasteiger partial charge on any atom is -0.508 e. The highest BCUT2D eigenvalue weighted by molar-refractivity contribution is 9.09. The van der Waals surface area contributed by atoms with Crippen molar-refractivity contribution < 1.29 is 9.90 Å². The van der Waals surface area contributed by atoms with E-state index in [2.05, 4.69) is 15.9 Å². The lowest BCUT2D eigenvalue weighted by Crippen LogP contribution is -2.31. The van der Waals surface area contributed by atoms with Crippen molar-refractivity contribution in [1.82, 2.24) is 4.90 Å². The van der Waals surface area contributed by atoms with Crippen LogP contribution in [0.1, 0.15) is 22.8 Å². The van der Waals surface area contributed by atoms with Crippen LogP contribution in [0.15, 0.2) is 18.2 Å². The van der Waals surface area contributed by atoms with Crippen molar-refractivity contribution in [3.05, 3.63) is 29.3 Å². The second kappa shape index (κ2) is 5.34. The molecule has 0 saturated carbocycles. The number of hydrogen-bond donors (Lipinski definition) is 1. The van der Waals surface area contributed by atoms with Crippen LogP contribution in [0.5, 0.6) is 5.75 Å². The number of halogens is 1. The minimum absolute atomic E-state index is 0.0330. The lowest BCUT2D eigenvalue weighted by molar-refractivity contribution is 0.0797. The maximum absolute atomic E-state index is 12.0. The summed E-state index contributed by atoms with van der Waals surface area (Å²) >= 11 is 3.41.